The van der Waals surface area contributed by atoms with Crippen LogP contribution in [0.4, 0.5) is 5.69 Å². The number of anilines is 1. The highest BCUT2D eigenvalue weighted by atomic mass is 16.7. The van der Waals surface area contributed by atoms with Crippen molar-refractivity contribution in [2.45, 2.75) is 12.8 Å². The predicted octanol–water partition coefficient (Wildman–Crippen LogP) is 2.96. The molecule has 0 aliphatic carbocycles. The van der Waals surface area contributed by atoms with E-state index in [9.17, 15) is 4.79 Å². The SMILES string of the molecule is O=C1CCc2ccccc2N1Oc1ccccc1. The van der Waals surface area contributed by atoms with Crippen LogP contribution in [0.2, 0.25) is 0 Å². The lowest BCUT2D eigenvalue weighted by Crippen LogP contribution is -2.37. The fourth-order valence-corrected chi connectivity index (χ4v) is 2.08. The number of benzene rings is 2. The Morgan fingerprint density at radius 2 is 1.61 bits per heavy atom. The van der Waals surface area contributed by atoms with Crippen molar-refractivity contribution in [3.05, 3.63) is 60.2 Å². The summed E-state index contributed by atoms with van der Waals surface area (Å²) in [7, 11) is 0. The second-order valence-corrected chi connectivity index (χ2v) is 4.22. The highest BCUT2D eigenvalue weighted by molar-refractivity contribution is 5.94. The van der Waals surface area contributed by atoms with Gasteiger partial charge in [-0.1, -0.05) is 36.4 Å². The summed E-state index contributed by atoms with van der Waals surface area (Å²) >= 11 is 0. The summed E-state index contributed by atoms with van der Waals surface area (Å²) < 4.78 is 0. The van der Waals surface area contributed by atoms with Crippen LogP contribution in [0, 0.1) is 0 Å². The van der Waals surface area contributed by atoms with Crippen molar-refractivity contribution >= 4 is 11.6 Å². The summed E-state index contributed by atoms with van der Waals surface area (Å²) in [4.78, 5) is 17.6. The Morgan fingerprint density at radius 1 is 0.889 bits per heavy atom. The van der Waals surface area contributed by atoms with Crippen molar-refractivity contribution in [3.63, 3.8) is 0 Å². The summed E-state index contributed by atoms with van der Waals surface area (Å²) in [6.07, 6.45) is 1.27. The number of nitrogens with zero attached hydrogens (tertiary/aromatic N) is 1. The van der Waals surface area contributed by atoms with Crippen LogP contribution < -0.4 is 9.90 Å². The van der Waals surface area contributed by atoms with E-state index in [1.165, 1.54) is 5.06 Å². The molecule has 2 aromatic rings. The zero-order valence-corrected chi connectivity index (χ0v) is 9.87. The fourth-order valence-electron chi connectivity index (χ4n) is 2.08. The largest absolute Gasteiger partial charge is 0.372 e. The number of amides is 1. The third kappa shape index (κ3) is 1.95. The Bertz CT molecular complexity index is 566. The molecule has 1 aliphatic heterocycles. The Labute approximate surface area is 106 Å². The molecule has 0 spiro atoms. The number of carbonyl (C=O) groups is 1. The molecule has 0 atom stereocenters. The molecule has 18 heavy (non-hydrogen) atoms. The number of aryl methyl sites for hydroxylation is 1. The third-order valence-corrected chi connectivity index (χ3v) is 2.99. The smallest absolute Gasteiger partial charge is 0.260 e. The molecule has 1 aliphatic rings. The van der Waals surface area contributed by atoms with Gasteiger partial charge in [-0.25, -0.2) is 0 Å². The molecule has 1 heterocycles. The third-order valence-electron chi connectivity index (χ3n) is 2.99. The van der Waals surface area contributed by atoms with Crippen LogP contribution in [-0.4, -0.2) is 5.91 Å². The van der Waals surface area contributed by atoms with Crippen LogP contribution >= 0.6 is 0 Å². The number of para-hydroxylation sites is 2. The molecule has 0 radical (unpaired) electrons. The predicted molar refractivity (Wildman–Crippen MR) is 69.3 cm³/mol. The van der Waals surface area contributed by atoms with Crippen LogP contribution in [0.15, 0.2) is 54.6 Å². The average Bonchev–Trinajstić information content (AvgIpc) is 2.43. The molecule has 0 saturated heterocycles. The number of rotatable bonds is 2. The molecule has 2 aromatic carbocycles. The zero-order valence-electron chi connectivity index (χ0n) is 9.87. The molecule has 3 heteroatoms. The summed E-state index contributed by atoms with van der Waals surface area (Å²) in [5, 5.41) is 1.40. The minimum atomic E-state index is -0.00227. The van der Waals surface area contributed by atoms with Gasteiger partial charge in [-0.2, -0.15) is 0 Å². The van der Waals surface area contributed by atoms with E-state index in [1.807, 2.05) is 54.6 Å². The van der Waals surface area contributed by atoms with Crippen LogP contribution in [0.5, 0.6) is 5.75 Å². The second-order valence-electron chi connectivity index (χ2n) is 4.22. The summed E-state index contributed by atoms with van der Waals surface area (Å²) in [5.74, 6) is 0.667. The van der Waals surface area contributed by atoms with Gasteiger partial charge in [0.1, 0.15) is 0 Å². The maximum Gasteiger partial charge on any atom is 0.260 e. The van der Waals surface area contributed by atoms with Gasteiger partial charge in [-0.05, 0) is 30.2 Å². The van der Waals surface area contributed by atoms with E-state index >= 15 is 0 Å². The zero-order chi connectivity index (χ0) is 12.4. The van der Waals surface area contributed by atoms with Crippen LogP contribution in [0.3, 0.4) is 0 Å². The maximum absolute atomic E-state index is 12.0. The molecule has 0 bridgehead atoms. The molecular formula is C15H13NO2. The number of carbonyl (C=O) groups excluding carboxylic acids is 1. The van der Waals surface area contributed by atoms with Gasteiger partial charge in [-0.3, -0.25) is 4.79 Å². The number of hydrogen-bond donors (Lipinski definition) is 0. The van der Waals surface area contributed by atoms with Gasteiger partial charge < -0.3 is 4.84 Å². The van der Waals surface area contributed by atoms with Gasteiger partial charge in [0.25, 0.3) is 5.91 Å². The van der Waals surface area contributed by atoms with Crippen molar-refractivity contribution in [1.29, 1.82) is 0 Å². The van der Waals surface area contributed by atoms with Gasteiger partial charge in [0.15, 0.2) is 5.75 Å². The highest BCUT2D eigenvalue weighted by Gasteiger charge is 2.25. The minimum absolute atomic E-state index is 0.00227. The molecule has 3 rings (SSSR count). The molecule has 0 aromatic heterocycles. The molecule has 0 N–H and O–H groups in total. The first-order valence-electron chi connectivity index (χ1n) is 5.98. The fraction of sp³-hybridized carbons (Fsp3) is 0.133. The standard InChI is InChI=1S/C15H13NO2/c17-15-11-10-12-6-4-5-9-14(12)16(15)18-13-7-2-1-3-8-13/h1-9H,10-11H2. The van der Waals surface area contributed by atoms with Crippen molar-refractivity contribution in [3.8, 4) is 5.75 Å². The lowest BCUT2D eigenvalue weighted by atomic mass is 10.0. The topological polar surface area (TPSA) is 29.5 Å². The Kier molecular flexibility index (Phi) is 2.73. The normalized spacial score (nSPS) is 14.2. The quantitative estimate of drug-likeness (QED) is 0.806. The van der Waals surface area contributed by atoms with E-state index in [0.717, 1.165) is 17.7 Å². The van der Waals surface area contributed by atoms with Gasteiger partial charge in [0, 0.05) is 6.42 Å². The lowest BCUT2D eigenvalue weighted by Gasteiger charge is -2.28. The van der Waals surface area contributed by atoms with E-state index in [-0.39, 0.29) is 5.91 Å². The molecule has 0 fully saturated rings. The molecular weight excluding hydrogens is 226 g/mol. The minimum Gasteiger partial charge on any atom is -0.372 e. The summed E-state index contributed by atoms with van der Waals surface area (Å²) in [6, 6.07) is 17.2. The van der Waals surface area contributed by atoms with Crippen LogP contribution in [-0.2, 0) is 11.2 Å². The molecule has 90 valence electrons. The van der Waals surface area contributed by atoms with E-state index < -0.39 is 0 Å². The number of fused-ring (bicyclic) bond motifs is 1. The van der Waals surface area contributed by atoms with Gasteiger partial charge >= 0.3 is 0 Å². The number of hydrogen-bond acceptors (Lipinski definition) is 2. The first-order chi connectivity index (χ1) is 8.84. The molecule has 0 unspecified atom stereocenters. The first-order valence-corrected chi connectivity index (χ1v) is 5.98. The summed E-state index contributed by atoms with van der Waals surface area (Å²) in [6.45, 7) is 0. The Morgan fingerprint density at radius 3 is 2.44 bits per heavy atom. The van der Waals surface area contributed by atoms with Gasteiger partial charge in [0.05, 0.1) is 5.69 Å². The van der Waals surface area contributed by atoms with Crippen molar-refractivity contribution in [2.24, 2.45) is 0 Å². The maximum atomic E-state index is 12.0. The van der Waals surface area contributed by atoms with Gasteiger partial charge in [0.2, 0.25) is 0 Å². The van der Waals surface area contributed by atoms with Crippen molar-refractivity contribution < 1.29 is 9.63 Å². The second kappa shape index (κ2) is 4.53. The van der Waals surface area contributed by atoms with E-state index in [2.05, 4.69) is 0 Å². The Balaban J connectivity index is 1.94. The first kappa shape index (κ1) is 10.8. The van der Waals surface area contributed by atoms with Crippen molar-refractivity contribution in [2.75, 3.05) is 5.06 Å². The summed E-state index contributed by atoms with van der Waals surface area (Å²) in [5.41, 5.74) is 1.99. The highest BCUT2D eigenvalue weighted by Crippen LogP contribution is 2.28. The van der Waals surface area contributed by atoms with E-state index in [1.54, 1.807) is 0 Å². The molecule has 0 saturated carbocycles. The van der Waals surface area contributed by atoms with E-state index in [4.69, 9.17) is 4.84 Å². The van der Waals surface area contributed by atoms with Gasteiger partial charge in [-0.15, -0.1) is 5.06 Å². The molecule has 1 amide bonds. The monoisotopic (exact) mass is 239 g/mol. The van der Waals surface area contributed by atoms with Crippen LogP contribution in [0.25, 0.3) is 0 Å². The lowest BCUT2D eigenvalue weighted by molar-refractivity contribution is -0.123. The average molecular weight is 239 g/mol. The Hall–Kier alpha value is -2.29. The molecule has 3 nitrogen and oxygen atoms in total. The van der Waals surface area contributed by atoms with E-state index in [0.29, 0.717) is 12.2 Å². The van der Waals surface area contributed by atoms with Crippen LogP contribution in [0.1, 0.15) is 12.0 Å². The number of hydroxylamine groups is 1. The van der Waals surface area contributed by atoms with Crippen molar-refractivity contribution in [1.82, 2.24) is 0 Å².